The Morgan fingerprint density at radius 3 is 2.58 bits per heavy atom. The molecule has 0 fully saturated rings. The third-order valence-electron chi connectivity index (χ3n) is 4.92. The van der Waals surface area contributed by atoms with E-state index in [1.54, 1.807) is 25.1 Å². The average molecular weight is 426 g/mol. The third-order valence-corrected chi connectivity index (χ3v) is 4.92. The van der Waals surface area contributed by atoms with Gasteiger partial charge in [-0.3, -0.25) is 13.9 Å². The molecule has 2 aromatic rings. The Labute approximate surface area is 178 Å². The molecule has 162 valence electrons. The van der Waals surface area contributed by atoms with Crippen LogP contribution in [0.25, 0.3) is 0 Å². The van der Waals surface area contributed by atoms with Crippen molar-refractivity contribution >= 4 is 6.40 Å². The van der Waals surface area contributed by atoms with Gasteiger partial charge < -0.3 is 18.9 Å². The van der Waals surface area contributed by atoms with Gasteiger partial charge in [0.05, 0.1) is 32.3 Å². The predicted molar refractivity (Wildman–Crippen MR) is 112 cm³/mol. The van der Waals surface area contributed by atoms with Gasteiger partial charge in [-0.25, -0.2) is 4.79 Å². The van der Waals surface area contributed by atoms with E-state index in [2.05, 4.69) is 11.1 Å². The molecular weight excluding hydrogens is 404 g/mol. The van der Waals surface area contributed by atoms with Crippen molar-refractivity contribution < 1.29 is 18.9 Å². The van der Waals surface area contributed by atoms with Gasteiger partial charge in [0.15, 0.2) is 17.9 Å². The average Bonchev–Trinajstić information content (AvgIpc) is 2.79. The van der Waals surface area contributed by atoms with Gasteiger partial charge in [0.2, 0.25) is 11.8 Å². The zero-order valence-electron chi connectivity index (χ0n) is 17.8. The molecule has 0 radical (unpaired) electrons. The molecule has 0 saturated heterocycles. The van der Waals surface area contributed by atoms with Crippen LogP contribution in [-0.4, -0.2) is 36.4 Å². The molecule has 1 aromatic heterocycles. The standard InChI is InChI=1S/C21H22N4O6/c1-6-30-11-23-18-13(10-22)15(12-8-7-9-14(28-4)17(12)29-5)16-19(26)24(2)21(27)25(3)20(16)31-18/h7-9,11,15H,6H2,1-5H3. The summed E-state index contributed by atoms with van der Waals surface area (Å²) in [5.74, 6) is -0.240. The second kappa shape index (κ2) is 8.79. The fourth-order valence-corrected chi connectivity index (χ4v) is 3.45. The summed E-state index contributed by atoms with van der Waals surface area (Å²) in [6, 6.07) is 7.23. The van der Waals surface area contributed by atoms with E-state index in [1.807, 2.05) is 0 Å². The molecular formula is C21H22N4O6. The van der Waals surface area contributed by atoms with Crippen molar-refractivity contribution in [3.05, 3.63) is 61.6 Å². The predicted octanol–water partition coefficient (Wildman–Crippen LogP) is 1.43. The van der Waals surface area contributed by atoms with Crippen LogP contribution in [0, 0.1) is 11.3 Å². The molecule has 1 aliphatic heterocycles. The number of fused-ring (bicyclic) bond motifs is 1. The van der Waals surface area contributed by atoms with Crippen LogP contribution >= 0.6 is 0 Å². The molecule has 1 unspecified atom stereocenters. The number of para-hydroxylation sites is 1. The van der Waals surface area contributed by atoms with Gasteiger partial charge in [-0.05, 0) is 13.0 Å². The maximum Gasteiger partial charge on any atom is 0.333 e. The molecule has 2 heterocycles. The van der Waals surface area contributed by atoms with Gasteiger partial charge in [0.25, 0.3) is 5.56 Å². The zero-order chi connectivity index (χ0) is 22.7. The first-order valence-corrected chi connectivity index (χ1v) is 9.38. The lowest BCUT2D eigenvalue weighted by Gasteiger charge is -2.28. The Kier molecular flexibility index (Phi) is 6.15. The third kappa shape index (κ3) is 3.54. The van der Waals surface area contributed by atoms with Gasteiger partial charge >= 0.3 is 5.69 Å². The molecule has 10 heteroatoms. The summed E-state index contributed by atoms with van der Waals surface area (Å²) in [5.41, 5.74) is -0.501. The number of nitrogens with zero attached hydrogens (tertiary/aromatic N) is 4. The second-order valence-electron chi connectivity index (χ2n) is 6.56. The number of aliphatic imine (C=N–C) groups is 1. The number of benzene rings is 1. The second-order valence-corrected chi connectivity index (χ2v) is 6.56. The summed E-state index contributed by atoms with van der Waals surface area (Å²) >= 11 is 0. The maximum absolute atomic E-state index is 13.2. The molecule has 0 bridgehead atoms. The number of nitriles is 1. The van der Waals surface area contributed by atoms with Crippen molar-refractivity contribution in [1.29, 1.82) is 5.26 Å². The largest absolute Gasteiger partial charge is 0.493 e. The SMILES string of the molecule is CCOC=NC1=C(C#N)C(c2cccc(OC)c2OC)c2c(n(C)c(=O)n(C)c2=O)O1. The van der Waals surface area contributed by atoms with Crippen LogP contribution in [0.2, 0.25) is 0 Å². The van der Waals surface area contributed by atoms with E-state index in [4.69, 9.17) is 18.9 Å². The van der Waals surface area contributed by atoms with E-state index in [0.717, 1.165) is 11.0 Å². The Bertz CT molecular complexity index is 1230. The van der Waals surface area contributed by atoms with Crippen molar-refractivity contribution in [2.75, 3.05) is 20.8 Å². The highest BCUT2D eigenvalue weighted by atomic mass is 16.5. The molecule has 31 heavy (non-hydrogen) atoms. The zero-order valence-corrected chi connectivity index (χ0v) is 17.8. The lowest BCUT2D eigenvalue weighted by molar-refractivity contribution is 0.324. The van der Waals surface area contributed by atoms with Crippen LogP contribution in [0.1, 0.15) is 24.0 Å². The fourth-order valence-electron chi connectivity index (χ4n) is 3.45. The number of aromatic nitrogens is 2. The highest BCUT2D eigenvalue weighted by Gasteiger charge is 2.38. The summed E-state index contributed by atoms with van der Waals surface area (Å²) in [4.78, 5) is 29.8. The maximum atomic E-state index is 13.2. The molecule has 1 atom stereocenters. The molecule has 1 aliphatic rings. The number of hydrogen-bond acceptors (Lipinski definition) is 8. The number of rotatable bonds is 6. The molecule has 0 amide bonds. The van der Waals surface area contributed by atoms with Crippen LogP contribution in [0.15, 0.2) is 44.2 Å². The summed E-state index contributed by atoms with van der Waals surface area (Å²) in [6.07, 6.45) is 1.15. The highest BCUT2D eigenvalue weighted by molar-refractivity contribution is 5.61. The van der Waals surface area contributed by atoms with E-state index in [1.165, 1.54) is 32.9 Å². The molecule has 1 aromatic carbocycles. The lowest BCUT2D eigenvalue weighted by atomic mass is 9.84. The van der Waals surface area contributed by atoms with Gasteiger partial charge in [0.1, 0.15) is 11.6 Å². The Morgan fingerprint density at radius 1 is 1.23 bits per heavy atom. The minimum absolute atomic E-state index is 0.00868. The molecule has 0 N–H and O–H groups in total. The van der Waals surface area contributed by atoms with E-state index in [-0.39, 0.29) is 22.9 Å². The number of methoxy groups -OCH3 is 2. The Hall–Kier alpha value is -4.00. The van der Waals surface area contributed by atoms with Gasteiger partial charge in [0, 0.05) is 19.7 Å². The van der Waals surface area contributed by atoms with Gasteiger partial charge in [-0.1, -0.05) is 12.1 Å². The monoisotopic (exact) mass is 426 g/mol. The van der Waals surface area contributed by atoms with E-state index in [0.29, 0.717) is 23.7 Å². The normalized spacial score (nSPS) is 15.3. The summed E-state index contributed by atoms with van der Waals surface area (Å²) in [6.45, 7) is 2.14. The number of ether oxygens (including phenoxy) is 4. The fraction of sp³-hybridized carbons (Fsp3) is 0.333. The van der Waals surface area contributed by atoms with Crippen LogP contribution < -0.4 is 25.5 Å². The van der Waals surface area contributed by atoms with Crippen molar-refractivity contribution in [2.24, 2.45) is 19.1 Å². The molecule has 0 saturated carbocycles. The van der Waals surface area contributed by atoms with Crippen LogP contribution in [-0.2, 0) is 18.8 Å². The summed E-state index contributed by atoms with van der Waals surface area (Å²) < 4.78 is 24.0. The molecule has 0 aliphatic carbocycles. The minimum atomic E-state index is -0.918. The summed E-state index contributed by atoms with van der Waals surface area (Å²) in [5, 5.41) is 10.00. The van der Waals surface area contributed by atoms with Crippen molar-refractivity contribution in [3.8, 4) is 23.4 Å². The number of allylic oxidation sites excluding steroid dienone is 1. The summed E-state index contributed by atoms with van der Waals surface area (Å²) in [7, 11) is 5.79. The van der Waals surface area contributed by atoms with E-state index < -0.39 is 17.2 Å². The van der Waals surface area contributed by atoms with Crippen LogP contribution in [0.4, 0.5) is 0 Å². The van der Waals surface area contributed by atoms with Gasteiger partial charge in [-0.15, -0.1) is 0 Å². The Morgan fingerprint density at radius 2 is 1.97 bits per heavy atom. The first-order chi connectivity index (χ1) is 14.9. The smallest absolute Gasteiger partial charge is 0.333 e. The van der Waals surface area contributed by atoms with E-state index >= 15 is 0 Å². The first-order valence-electron chi connectivity index (χ1n) is 9.38. The first kappa shape index (κ1) is 21.7. The van der Waals surface area contributed by atoms with Crippen LogP contribution in [0.3, 0.4) is 0 Å². The quantitative estimate of drug-likeness (QED) is 0.506. The molecule has 10 nitrogen and oxygen atoms in total. The number of hydrogen-bond donors (Lipinski definition) is 0. The van der Waals surface area contributed by atoms with Crippen LogP contribution in [0.5, 0.6) is 17.4 Å². The van der Waals surface area contributed by atoms with E-state index in [9.17, 15) is 14.9 Å². The Balaban J connectivity index is 2.44. The van der Waals surface area contributed by atoms with Crippen molar-refractivity contribution in [3.63, 3.8) is 0 Å². The highest BCUT2D eigenvalue weighted by Crippen LogP contribution is 2.46. The van der Waals surface area contributed by atoms with Gasteiger partial charge in [-0.2, -0.15) is 10.3 Å². The molecule has 3 rings (SSSR count). The lowest BCUT2D eigenvalue weighted by Crippen LogP contribution is -2.42. The minimum Gasteiger partial charge on any atom is -0.493 e. The van der Waals surface area contributed by atoms with Crippen molar-refractivity contribution in [2.45, 2.75) is 12.8 Å². The molecule has 0 spiro atoms. The topological polar surface area (TPSA) is 117 Å². The van der Waals surface area contributed by atoms with Crippen molar-refractivity contribution in [1.82, 2.24) is 9.13 Å².